The van der Waals surface area contributed by atoms with E-state index >= 15 is 0 Å². The van der Waals surface area contributed by atoms with Crippen molar-refractivity contribution >= 4 is 28.7 Å². The first-order chi connectivity index (χ1) is 14.6. The number of thioether (sulfide) groups is 1. The molecule has 0 fully saturated rings. The van der Waals surface area contributed by atoms with Crippen LogP contribution in [0.2, 0.25) is 0 Å². The number of aryl methyl sites for hydroxylation is 3. The molecule has 1 aromatic carbocycles. The number of rotatable bonds is 7. The normalized spacial score (nSPS) is 14.5. The van der Waals surface area contributed by atoms with Gasteiger partial charge in [0.1, 0.15) is 12.4 Å². The average Bonchev–Trinajstić information content (AvgIpc) is 3.08. The predicted octanol–water partition coefficient (Wildman–Crippen LogP) is 2.62. The third kappa shape index (κ3) is 4.28. The van der Waals surface area contributed by atoms with Crippen molar-refractivity contribution in [3.8, 4) is 0 Å². The molecule has 1 atom stereocenters. The van der Waals surface area contributed by atoms with E-state index in [1.807, 2.05) is 42.1 Å². The molecule has 0 saturated carbocycles. The number of amides is 1. The first kappa shape index (κ1) is 20.7. The van der Waals surface area contributed by atoms with Crippen molar-refractivity contribution < 1.29 is 4.79 Å². The highest BCUT2D eigenvalue weighted by Gasteiger charge is 2.22. The van der Waals surface area contributed by atoms with Crippen molar-refractivity contribution in [1.82, 2.24) is 24.6 Å². The van der Waals surface area contributed by atoms with E-state index < -0.39 is 0 Å². The average molecular weight is 426 g/mol. The zero-order valence-electron chi connectivity index (χ0n) is 17.4. The summed E-state index contributed by atoms with van der Waals surface area (Å²) >= 11 is 1.73. The van der Waals surface area contributed by atoms with E-state index in [4.69, 9.17) is 4.98 Å². The second kappa shape index (κ2) is 9.04. The first-order valence-electron chi connectivity index (χ1n) is 10.4. The molecular weight excluding hydrogens is 398 g/mol. The fraction of sp³-hybridized carbons (Fsp3) is 0.455. The number of fused-ring (bicyclic) bond motifs is 2. The number of hydrogen-bond donors (Lipinski definition) is 1. The van der Waals surface area contributed by atoms with Gasteiger partial charge in [-0.25, -0.2) is 9.67 Å². The predicted molar refractivity (Wildman–Crippen MR) is 120 cm³/mol. The van der Waals surface area contributed by atoms with E-state index in [1.165, 1.54) is 4.68 Å². The summed E-state index contributed by atoms with van der Waals surface area (Å²) in [4.78, 5) is 30.0. The Morgan fingerprint density at radius 3 is 2.87 bits per heavy atom. The zero-order chi connectivity index (χ0) is 21.1. The van der Waals surface area contributed by atoms with Crippen LogP contribution in [-0.4, -0.2) is 37.2 Å². The van der Waals surface area contributed by atoms with Gasteiger partial charge < -0.3 is 9.88 Å². The third-order valence-corrected chi connectivity index (χ3v) is 6.29. The maximum Gasteiger partial charge on any atom is 0.267 e. The number of carbonyl (C=O) groups is 1. The molecule has 7 nitrogen and oxygen atoms in total. The lowest BCUT2D eigenvalue weighted by atomic mass is 9.97. The Hall–Kier alpha value is -2.61. The fourth-order valence-corrected chi connectivity index (χ4v) is 4.54. The summed E-state index contributed by atoms with van der Waals surface area (Å²) in [5.74, 6) is 1.49. The van der Waals surface area contributed by atoms with Gasteiger partial charge in [-0.1, -0.05) is 12.1 Å². The minimum absolute atomic E-state index is 0.0776. The van der Waals surface area contributed by atoms with Gasteiger partial charge >= 0.3 is 0 Å². The second-order valence-electron chi connectivity index (χ2n) is 7.74. The Morgan fingerprint density at radius 1 is 1.27 bits per heavy atom. The number of benzene rings is 1. The molecular formula is C22H27N5O2S. The molecule has 2 aromatic heterocycles. The van der Waals surface area contributed by atoms with E-state index in [1.54, 1.807) is 17.8 Å². The van der Waals surface area contributed by atoms with Crippen LogP contribution in [0.3, 0.4) is 0 Å². The largest absolute Gasteiger partial charge is 0.345 e. The van der Waals surface area contributed by atoms with Crippen LogP contribution < -0.4 is 10.9 Å². The molecule has 1 aliphatic carbocycles. The molecule has 0 unspecified atom stereocenters. The van der Waals surface area contributed by atoms with Crippen molar-refractivity contribution in [3.05, 3.63) is 57.8 Å². The molecule has 0 radical (unpaired) electrons. The molecule has 1 aliphatic rings. The molecule has 0 spiro atoms. The Kier molecular flexibility index (Phi) is 6.22. The van der Waals surface area contributed by atoms with Crippen LogP contribution in [-0.2, 0) is 31.2 Å². The van der Waals surface area contributed by atoms with Gasteiger partial charge in [-0.3, -0.25) is 9.59 Å². The Balaban J connectivity index is 1.55. The molecule has 0 aliphatic heterocycles. The molecule has 3 aromatic rings. The van der Waals surface area contributed by atoms with Gasteiger partial charge in [0.15, 0.2) is 0 Å². The van der Waals surface area contributed by atoms with Gasteiger partial charge in [0.05, 0.1) is 22.8 Å². The molecule has 0 bridgehead atoms. The smallest absolute Gasteiger partial charge is 0.267 e. The number of carbonyl (C=O) groups excluding carboxylic acids is 1. The maximum absolute atomic E-state index is 12.9. The summed E-state index contributed by atoms with van der Waals surface area (Å²) in [5, 5.41) is 7.56. The SMILES string of the molecule is CSCC[C@H](NC(=O)Cn1nc2c(cc1=O)CCCC2)c1nc2ccccc2n1C. The molecule has 1 amide bonds. The summed E-state index contributed by atoms with van der Waals surface area (Å²) < 4.78 is 3.32. The van der Waals surface area contributed by atoms with E-state index in [2.05, 4.69) is 10.4 Å². The maximum atomic E-state index is 12.9. The molecule has 2 heterocycles. The van der Waals surface area contributed by atoms with E-state index in [0.29, 0.717) is 0 Å². The fourth-order valence-electron chi connectivity index (χ4n) is 4.07. The molecule has 30 heavy (non-hydrogen) atoms. The molecule has 4 rings (SSSR count). The molecule has 158 valence electrons. The van der Waals surface area contributed by atoms with Crippen molar-refractivity contribution in [3.63, 3.8) is 0 Å². The van der Waals surface area contributed by atoms with E-state index in [9.17, 15) is 9.59 Å². The highest BCUT2D eigenvalue weighted by Crippen LogP contribution is 2.23. The minimum Gasteiger partial charge on any atom is -0.345 e. The van der Waals surface area contributed by atoms with E-state index in [0.717, 1.165) is 66.0 Å². The lowest BCUT2D eigenvalue weighted by molar-refractivity contribution is -0.122. The van der Waals surface area contributed by atoms with Gasteiger partial charge in [-0.2, -0.15) is 16.9 Å². The van der Waals surface area contributed by atoms with Gasteiger partial charge in [0.2, 0.25) is 5.91 Å². The van der Waals surface area contributed by atoms with Crippen LogP contribution in [0.1, 0.15) is 42.4 Å². The van der Waals surface area contributed by atoms with Crippen LogP contribution in [0.4, 0.5) is 0 Å². The number of hydrogen-bond acceptors (Lipinski definition) is 5. The van der Waals surface area contributed by atoms with Crippen LogP contribution >= 0.6 is 11.8 Å². The van der Waals surface area contributed by atoms with E-state index in [-0.39, 0.29) is 24.1 Å². The lowest BCUT2D eigenvalue weighted by Gasteiger charge is -2.19. The van der Waals surface area contributed by atoms with Crippen LogP contribution in [0, 0.1) is 0 Å². The van der Waals surface area contributed by atoms with Crippen LogP contribution in [0.5, 0.6) is 0 Å². The Morgan fingerprint density at radius 2 is 2.07 bits per heavy atom. The standard InChI is InChI=1S/C22H27N5O2S/c1-26-19-10-6-5-9-17(19)24-22(26)18(11-12-30-2)23-20(28)14-27-21(29)13-15-7-3-4-8-16(15)25-27/h5-6,9-10,13,18H,3-4,7-8,11-12,14H2,1-2H3,(H,23,28)/t18-/m0/s1. The number of imidazole rings is 1. The first-order valence-corrected chi connectivity index (χ1v) is 11.8. The third-order valence-electron chi connectivity index (χ3n) is 5.65. The molecule has 8 heteroatoms. The Labute approximate surface area is 179 Å². The summed E-state index contributed by atoms with van der Waals surface area (Å²) in [6.07, 6.45) is 6.74. The number of nitrogens with one attached hydrogen (secondary N) is 1. The molecule has 0 saturated heterocycles. The number of aromatic nitrogens is 4. The number of para-hydroxylation sites is 2. The van der Waals surface area contributed by atoms with Gasteiger partial charge in [-0.15, -0.1) is 0 Å². The summed E-state index contributed by atoms with van der Waals surface area (Å²) in [7, 11) is 1.97. The zero-order valence-corrected chi connectivity index (χ0v) is 18.2. The van der Waals surface area contributed by atoms with Crippen LogP contribution in [0.15, 0.2) is 35.1 Å². The lowest BCUT2D eigenvalue weighted by Crippen LogP contribution is -2.37. The van der Waals surface area contributed by atoms with Gasteiger partial charge in [0, 0.05) is 13.1 Å². The van der Waals surface area contributed by atoms with Crippen LogP contribution in [0.25, 0.3) is 11.0 Å². The van der Waals surface area contributed by atoms with Crippen molar-refractivity contribution in [2.45, 2.75) is 44.7 Å². The van der Waals surface area contributed by atoms with Gasteiger partial charge in [-0.05, 0) is 61.8 Å². The quantitative estimate of drug-likeness (QED) is 0.629. The van der Waals surface area contributed by atoms with Crippen molar-refractivity contribution in [2.24, 2.45) is 7.05 Å². The van der Waals surface area contributed by atoms with Crippen molar-refractivity contribution in [2.75, 3.05) is 12.0 Å². The Bertz CT molecular complexity index is 1120. The van der Waals surface area contributed by atoms with Crippen molar-refractivity contribution in [1.29, 1.82) is 0 Å². The highest BCUT2D eigenvalue weighted by atomic mass is 32.2. The number of nitrogens with zero attached hydrogens (tertiary/aromatic N) is 4. The second-order valence-corrected chi connectivity index (χ2v) is 8.72. The summed E-state index contributed by atoms with van der Waals surface area (Å²) in [6.45, 7) is -0.0776. The summed E-state index contributed by atoms with van der Waals surface area (Å²) in [6, 6.07) is 9.36. The topological polar surface area (TPSA) is 81.8 Å². The van der Waals surface area contributed by atoms with Gasteiger partial charge in [0.25, 0.3) is 5.56 Å². The highest BCUT2D eigenvalue weighted by molar-refractivity contribution is 7.98. The monoisotopic (exact) mass is 425 g/mol. The molecule has 1 N–H and O–H groups in total. The summed E-state index contributed by atoms with van der Waals surface area (Å²) in [5.41, 5.74) is 3.70. The minimum atomic E-state index is -0.226.